The van der Waals surface area contributed by atoms with Gasteiger partial charge in [0.15, 0.2) is 6.61 Å². The molecule has 1 aromatic heterocycles. The molecule has 2 aromatic rings. The lowest BCUT2D eigenvalue weighted by Crippen LogP contribution is -2.13. The number of benzene rings is 1. The van der Waals surface area contributed by atoms with Crippen molar-refractivity contribution in [2.24, 2.45) is 0 Å². The number of amides is 1. The number of nitrogens with zero attached hydrogens (tertiary/aromatic N) is 3. The van der Waals surface area contributed by atoms with Crippen LogP contribution in [0.3, 0.4) is 0 Å². The van der Waals surface area contributed by atoms with Crippen LogP contribution in [0.25, 0.3) is 0 Å². The molecular weight excluding hydrogens is 258 g/mol. The first-order valence-corrected chi connectivity index (χ1v) is 6.05. The van der Waals surface area contributed by atoms with Crippen LogP contribution in [0.15, 0.2) is 24.3 Å². The molecule has 7 heteroatoms. The highest BCUT2D eigenvalue weighted by atomic mass is 16.5. The minimum absolute atomic E-state index is 0.0435. The predicted octanol–water partition coefficient (Wildman–Crippen LogP) is 1.52. The zero-order chi connectivity index (χ0) is 14.4. The molecule has 2 N–H and O–H groups in total. The Kier molecular flexibility index (Phi) is 4.29. The van der Waals surface area contributed by atoms with Gasteiger partial charge in [0, 0.05) is 18.2 Å². The van der Waals surface area contributed by atoms with Gasteiger partial charge in [-0.3, -0.25) is 9.89 Å². The second-order valence-corrected chi connectivity index (χ2v) is 3.89. The summed E-state index contributed by atoms with van der Waals surface area (Å²) in [5, 5.41) is 17.6. The predicted molar refractivity (Wildman–Crippen MR) is 71.3 cm³/mol. The maximum atomic E-state index is 11.9. The fourth-order valence-corrected chi connectivity index (χ4v) is 1.52. The number of carbonyl (C=O) groups excluding carboxylic acids is 1. The van der Waals surface area contributed by atoms with Crippen LogP contribution >= 0.6 is 0 Å². The van der Waals surface area contributed by atoms with Gasteiger partial charge in [0.2, 0.25) is 5.82 Å². The molecule has 0 spiro atoms. The summed E-state index contributed by atoms with van der Waals surface area (Å²) in [7, 11) is 0. The largest absolute Gasteiger partial charge is 0.479 e. The van der Waals surface area contributed by atoms with E-state index in [-0.39, 0.29) is 12.4 Å². The third-order valence-corrected chi connectivity index (χ3v) is 2.46. The van der Waals surface area contributed by atoms with Crippen LogP contribution in [0.4, 0.5) is 5.69 Å². The van der Waals surface area contributed by atoms with Gasteiger partial charge in [0.25, 0.3) is 5.91 Å². The highest BCUT2D eigenvalue weighted by molar-refractivity contribution is 6.01. The zero-order valence-electron chi connectivity index (χ0n) is 10.9. The number of ether oxygens (including phenoxy) is 1. The second kappa shape index (κ2) is 6.33. The number of carbonyl (C=O) groups is 1. The van der Waals surface area contributed by atoms with Gasteiger partial charge < -0.3 is 10.1 Å². The van der Waals surface area contributed by atoms with Crippen LogP contribution in [0, 0.1) is 11.3 Å². The highest BCUT2D eigenvalue weighted by Gasteiger charge is 2.12. The minimum Gasteiger partial charge on any atom is -0.479 e. The van der Waals surface area contributed by atoms with E-state index in [9.17, 15) is 4.79 Å². The third-order valence-electron chi connectivity index (χ3n) is 2.46. The Labute approximate surface area is 115 Å². The van der Waals surface area contributed by atoms with Crippen LogP contribution in [0.5, 0.6) is 5.75 Å². The molecule has 0 aliphatic heterocycles. The van der Waals surface area contributed by atoms with Crippen molar-refractivity contribution in [3.8, 4) is 11.8 Å². The first kappa shape index (κ1) is 13.5. The monoisotopic (exact) mass is 271 g/mol. The van der Waals surface area contributed by atoms with Gasteiger partial charge in [-0.1, -0.05) is 13.0 Å². The fraction of sp³-hybridized carbons (Fsp3) is 0.231. The van der Waals surface area contributed by atoms with E-state index in [4.69, 9.17) is 10.00 Å². The zero-order valence-corrected chi connectivity index (χ0v) is 10.9. The Balaban J connectivity index is 2.05. The number of H-pyrrole nitrogens is 1. The van der Waals surface area contributed by atoms with Crippen LogP contribution in [-0.4, -0.2) is 27.7 Å². The lowest BCUT2D eigenvalue weighted by molar-refractivity contribution is 0.101. The van der Waals surface area contributed by atoms with E-state index in [0.29, 0.717) is 23.7 Å². The number of nitriles is 1. The number of aryl methyl sites for hydroxylation is 1. The quantitative estimate of drug-likeness (QED) is 0.858. The summed E-state index contributed by atoms with van der Waals surface area (Å²) < 4.78 is 5.15. The standard InChI is InChI=1S/C13H13N5O2/c1-2-11-16-12(18-17-11)13(19)15-9-4-3-5-10(8-9)20-7-6-14/h3-5,8H,2,7H2,1H3,(H,15,19)(H,16,17,18). The normalized spacial score (nSPS) is 9.80. The van der Waals surface area contributed by atoms with E-state index in [2.05, 4.69) is 20.5 Å². The third kappa shape index (κ3) is 3.32. The number of aromatic amines is 1. The second-order valence-electron chi connectivity index (χ2n) is 3.89. The number of hydrogen-bond acceptors (Lipinski definition) is 5. The molecule has 0 fully saturated rings. The summed E-state index contributed by atoms with van der Waals surface area (Å²) in [4.78, 5) is 16.0. The Hall–Kier alpha value is -2.88. The van der Waals surface area contributed by atoms with Gasteiger partial charge in [-0.15, -0.1) is 5.10 Å². The molecule has 0 unspecified atom stereocenters. The minimum atomic E-state index is -0.404. The molecule has 20 heavy (non-hydrogen) atoms. The number of aromatic nitrogens is 3. The highest BCUT2D eigenvalue weighted by Crippen LogP contribution is 2.17. The average Bonchev–Trinajstić information content (AvgIpc) is 2.94. The first-order valence-electron chi connectivity index (χ1n) is 6.05. The first-order chi connectivity index (χ1) is 9.72. The molecule has 2 rings (SSSR count). The van der Waals surface area contributed by atoms with Crippen molar-refractivity contribution >= 4 is 11.6 Å². The smallest absolute Gasteiger partial charge is 0.295 e. The van der Waals surface area contributed by atoms with Crippen LogP contribution in [0.1, 0.15) is 23.4 Å². The molecule has 1 heterocycles. The molecule has 0 bridgehead atoms. The van der Waals surface area contributed by atoms with Crippen molar-refractivity contribution in [2.45, 2.75) is 13.3 Å². The van der Waals surface area contributed by atoms with Crippen LogP contribution < -0.4 is 10.1 Å². The fourth-order valence-electron chi connectivity index (χ4n) is 1.52. The maximum absolute atomic E-state index is 11.9. The summed E-state index contributed by atoms with van der Waals surface area (Å²) >= 11 is 0. The number of hydrogen-bond donors (Lipinski definition) is 2. The topological polar surface area (TPSA) is 104 Å². The number of rotatable bonds is 5. The maximum Gasteiger partial charge on any atom is 0.295 e. The van der Waals surface area contributed by atoms with Gasteiger partial charge >= 0.3 is 0 Å². The molecule has 0 saturated carbocycles. The van der Waals surface area contributed by atoms with E-state index in [1.807, 2.05) is 13.0 Å². The molecule has 7 nitrogen and oxygen atoms in total. The SMILES string of the molecule is CCc1nc(C(=O)Nc2cccc(OCC#N)c2)n[nH]1. The summed E-state index contributed by atoms with van der Waals surface area (Å²) in [6.07, 6.45) is 0.678. The van der Waals surface area contributed by atoms with Crippen molar-refractivity contribution in [1.82, 2.24) is 15.2 Å². The Morgan fingerprint density at radius 1 is 1.55 bits per heavy atom. The Bertz CT molecular complexity index is 644. The van der Waals surface area contributed by atoms with Crippen LogP contribution in [-0.2, 0) is 6.42 Å². The molecule has 102 valence electrons. The van der Waals surface area contributed by atoms with Crippen LogP contribution in [0.2, 0.25) is 0 Å². The van der Waals surface area contributed by atoms with Crippen molar-refractivity contribution in [3.63, 3.8) is 0 Å². The van der Waals surface area contributed by atoms with E-state index >= 15 is 0 Å². The van der Waals surface area contributed by atoms with Crippen molar-refractivity contribution < 1.29 is 9.53 Å². The molecule has 1 amide bonds. The summed E-state index contributed by atoms with van der Waals surface area (Å²) in [6, 6.07) is 8.64. The van der Waals surface area contributed by atoms with E-state index in [1.165, 1.54) is 0 Å². The Morgan fingerprint density at radius 3 is 3.10 bits per heavy atom. The average molecular weight is 271 g/mol. The van der Waals surface area contributed by atoms with Gasteiger partial charge in [-0.05, 0) is 12.1 Å². The molecule has 0 saturated heterocycles. The lowest BCUT2D eigenvalue weighted by Gasteiger charge is -2.05. The van der Waals surface area contributed by atoms with Crippen molar-refractivity contribution in [3.05, 3.63) is 35.9 Å². The Morgan fingerprint density at radius 2 is 2.40 bits per heavy atom. The molecular formula is C13H13N5O2. The van der Waals surface area contributed by atoms with Crippen molar-refractivity contribution in [2.75, 3.05) is 11.9 Å². The molecule has 1 aromatic carbocycles. The van der Waals surface area contributed by atoms with Gasteiger partial charge in [0.05, 0.1) is 0 Å². The molecule has 0 aliphatic carbocycles. The summed E-state index contributed by atoms with van der Waals surface area (Å²) in [6.45, 7) is 1.87. The summed E-state index contributed by atoms with van der Waals surface area (Å²) in [5.41, 5.74) is 0.549. The number of nitrogens with one attached hydrogen (secondary N) is 2. The van der Waals surface area contributed by atoms with Gasteiger partial charge in [-0.25, -0.2) is 4.98 Å². The van der Waals surface area contributed by atoms with E-state index in [0.717, 1.165) is 0 Å². The lowest BCUT2D eigenvalue weighted by atomic mass is 10.3. The molecule has 0 aliphatic rings. The molecule has 0 atom stereocenters. The van der Waals surface area contributed by atoms with Gasteiger partial charge in [-0.2, -0.15) is 5.26 Å². The molecule has 0 radical (unpaired) electrons. The van der Waals surface area contributed by atoms with E-state index in [1.54, 1.807) is 24.3 Å². The van der Waals surface area contributed by atoms with E-state index < -0.39 is 5.91 Å². The summed E-state index contributed by atoms with van der Waals surface area (Å²) in [5.74, 6) is 0.846. The van der Waals surface area contributed by atoms with Crippen molar-refractivity contribution in [1.29, 1.82) is 5.26 Å². The number of anilines is 1. The van der Waals surface area contributed by atoms with Gasteiger partial charge in [0.1, 0.15) is 17.6 Å².